The monoisotopic (exact) mass is 427 g/mol. The molecule has 6 nitrogen and oxygen atoms in total. The van der Waals surface area contributed by atoms with E-state index in [-0.39, 0.29) is 28.1 Å². The second-order valence-corrected chi connectivity index (χ2v) is 7.99. The molecule has 4 rings (SSSR count). The van der Waals surface area contributed by atoms with Gasteiger partial charge in [0.25, 0.3) is 11.7 Å². The molecule has 2 aromatic rings. The van der Waals surface area contributed by atoms with Crippen molar-refractivity contribution >= 4 is 29.1 Å². The van der Waals surface area contributed by atoms with Crippen molar-refractivity contribution in [1.29, 1.82) is 0 Å². The number of phenolic OH excluding ortho intramolecular Hbond substituents is 1. The van der Waals surface area contributed by atoms with Gasteiger partial charge in [-0.3, -0.25) is 9.59 Å². The highest BCUT2D eigenvalue weighted by atomic mass is 35.5. The number of carbonyl (C=O) groups excluding carboxylic acids is 2. The van der Waals surface area contributed by atoms with Gasteiger partial charge in [0.2, 0.25) is 0 Å². The van der Waals surface area contributed by atoms with Gasteiger partial charge in [0.1, 0.15) is 17.3 Å². The van der Waals surface area contributed by atoms with E-state index in [1.54, 1.807) is 35.2 Å². The van der Waals surface area contributed by atoms with Crippen molar-refractivity contribution in [3.63, 3.8) is 0 Å². The van der Waals surface area contributed by atoms with Crippen LogP contribution in [0.4, 0.5) is 0 Å². The van der Waals surface area contributed by atoms with Gasteiger partial charge < -0.3 is 19.8 Å². The summed E-state index contributed by atoms with van der Waals surface area (Å²) in [5.41, 5.74) is 1.01. The lowest BCUT2D eigenvalue weighted by atomic mass is 9.94. The summed E-state index contributed by atoms with van der Waals surface area (Å²) in [6.07, 6.45) is 3.57. The average Bonchev–Trinajstić information content (AvgIpc) is 3.37. The number of aliphatic hydroxyl groups excluding tert-OH is 1. The van der Waals surface area contributed by atoms with Crippen LogP contribution < -0.4 is 4.74 Å². The molecular weight excluding hydrogens is 406 g/mol. The van der Waals surface area contributed by atoms with Crippen molar-refractivity contribution in [3.05, 3.63) is 64.2 Å². The maximum Gasteiger partial charge on any atom is 0.295 e. The van der Waals surface area contributed by atoms with Crippen LogP contribution in [0.1, 0.15) is 42.9 Å². The number of hydrogen-bond donors (Lipinski definition) is 2. The number of halogens is 1. The van der Waals surface area contributed by atoms with Crippen LogP contribution in [0.3, 0.4) is 0 Å². The summed E-state index contributed by atoms with van der Waals surface area (Å²) < 4.78 is 5.15. The first-order valence-electron chi connectivity index (χ1n) is 9.85. The minimum Gasteiger partial charge on any atom is -0.507 e. The van der Waals surface area contributed by atoms with Crippen LogP contribution in [-0.4, -0.2) is 40.0 Å². The Hall–Kier alpha value is -2.99. The van der Waals surface area contributed by atoms with Gasteiger partial charge in [0.15, 0.2) is 0 Å². The predicted molar refractivity (Wildman–Crippen MR) is 113 cm³/mol. The molecule has 0 aromatic heterocycles. The van der Waals surface area contributed by atoms with E-state index in [1.807, 2.05) is 0 Å². The number of amides is 1. The van der Waals surface area contributed by atoms with Gasteiger partial charge in [-0.1, -0.05) is 30.5 Å². The number of likely N-dealkylation sites (tertiary alicyclic amines) is 1. The zero-order chi connectivity index (χ0) is 21.4. The SMILES string of the molecule is COc1ccc(/C(O)=C2/C(=O)C(=O)N(C3CCCC3)C2c2ccc(O)c(Cl)c2)cc1. The number of ketones is 1. The molecule has 0 bridgehead atoms. The largest absolute Gasteiger partial charge is 0.507 e. The molecule has 1 saturated carbocycles. The fourth-order valence-corrected chi connectivity index (χ4v) is 4.52. The third kappa shape index (κ3) is 3.41. The number of ether oxygens (including phenoxy) is 1. The second-order valence-electron chi connectivity index (χ2n) is 7.58. The molecule has 30 heavy (non-hydrogen) atoms. The van der Waals surface area contributed by atoms with Gasteiger partial charge in [0, 0.05) is 11.6 Å². The van der Waals surface area contributed by atoms with Crippen LogP contribution in [0, 0.1) is 0 Å². The molecule has 7 heteroatoms. The van der Waals surface area contributed by atoms with E-state index >= 15 is 0 Å². The van der Waals surface area contributed by atoms with Crippen molar-refractivity contribution < 1.29 is 24.5 Å². The topological polar surface area (TPSA) is 87.1 Å². The summed E-state index contributed by atoms with van der Waals surface area (Å²) >= 11 is 6.12. The van der Waals surface area contributed by atoms with E-state index in [9.17, 15) is 19.8 Å². The van der Waals surface area contributed by atoms with Gasteiger partial charge in [-0.05, 0) is 54.8 Å². The van der Waals surface area contributed by atoms with E-state index < -0.39 is 17.7 Å². The zero-order valence-corrected chi connectivity index (χ0v) is 17.2. The van der Waals surface area contributed by atoms with Crippen LogP contribution in [0.2, 0.25) is 5.02 Å². The van der Waals surface area contributed by atoms with E-state index in [1.165, 1.54) is 19.2 Å². The fourth-order valence-electron chi connectivity index (χ4n) is 4.33. The maximum absolute atomic E-state index is 13.0. The summed E-state index contributed by atoms with van der Waals surface area (Å²) in [4.78, 5) is 27.6. The van der Waals surface area contributed by atoms with E-state index in [2.05, 4.69) is 0 Å². The molecule has 0 radical (unpaired) electrons. The predicted octanol–water partition coefficient (Wildman–Crippen LogP) is 4.42. The van der Waals surface area contributed by atoms with Crippen molar-refractivity contribution in [1.82, 2.24) is 4.90 Å². The lowest BCUT2D eigenvalue weighted by molar-refractivity contribution is -0.141. The maximum atomic E-state index is 13.0. The van der Waals surface area contributed by atoms with Crippen molar-refractivity contribution in [2.24, 2.45) is 0 Å². The Morgan fingerprint density at radius 3 is 2.37 bits per heavy atom. The third-order valence-corrected chi connectivity index (χ3v) is 6.15. The molecule has 2 N–H and O–H groups in total. The normalized spacial score (nSPS) is 21.4. The molecule has 1 saturated heterocycles. The number of phenols is 1. The fraction of sp³-hybridized carbons (Fsp3) is 0.304. The van der Waals surface area contributed by atoms with Gasteiger partial charge in [-0.15, -0.1) is 0 Å². The molecule has 1 amide bonds. The Kier molecular flexibility index (Phi) is 5.43. The molecule has 1 heterocycles. The van der Waals surface area contributed by atoms with Crippen LogP contribution in [0.15, 0.2) is 48.0 Å². The van der Waals surface area contributed by atoms with Crippen molar-refractivity contribution in [3.8, 4) is 11.5 Å². The molecule has 2 aromatic carbocycles. The van der Waals surface area contributed by atoms with Gasteiger partial charge in [-0.25, -0.2) is 0 Å². The van der Waals surface area contributed by atoms with Gasteiger partial charge in [0.05, 0.1) is 23.7 Å². The lowest BCUT2D eigenvalue weighted by Crippen LogP contribution is -2.37. The molecule has 2 fully saturated rings. The van der Waals surface area contributed by atoms with E-state index in [4.69, 9.17) is 16.3 Å². The van der Waals surface area contributed by atoms with Gasteiger partial charge in [-0.2, -0.15) is 0 Å². The van der Waals surface area contributed by atoms with Crippen LogP contribution >= 0.6 is 11.6 Å². The van der Waals surface area contributed by atoms with Crippen LogP contribution in [0.5, 0.6) is 11.5 Å². The molecule has 1 unspecified atom stereocenters. The first kappa shape index (κ1) is 20.3. The number of aromatic hydroxyl groups is 1. The molecule has 2 aliphatic rings. The number of nitrogens with zero attached hydrogens (tertiary/aromatic N) is 1. The van der Waals surface area contributed by atoms with Crippen LogP contribution in [0.25, 0.3) is 5.76 Å². The number of Topliss-reactive ketones (excluding diaryl/α,β-unsaturated/α-hetero) is 1. The Morgan fingerprint density at radius 1 is 1.10 bits per heavy atom. The van der Waals surface area contributed by atoms with Gasteiger partial charge >= 0.3 is 0 Å². The number of aliphatic hydroxyl groups is 1. The smallest absolute Gasteiger partial charge is 0.295 e. The standard InChI is InChI=1S/C23H22ClNO5/c1-30-16-9-6-13(7-10-16)21(27)19-20(14-8-11-18(26)17(24)12-14)25(23(29)22(19)28)15-4-2-3-5-15/h6-12,15,20,26-27H,2-5H2,1H3/b21-19-. The first-order valence-corrected chi connectivity index (χ1v) is 10.2. The van der Waals surface area contributed by atoms with Crippen molar-refractivity contribution in [2.45, 2.75) is 37.8 Å². The number of carbonyl (C=O) groups is 2. The summed E-state index contributed by atoms with van der Waals surface area (Å²) in [5, 5.41) is 21.0. The minimum atomic E-state index is -0.770. The second kappa shape index (κ2) is 8.03. The van der Waals surface area contributed by atoms with E-state index in [0.29, 0.717) is 16.9 Å². The molecule has 156 valence electrons. The quantitative estimate of drug-likeness (QED) is 0.428. The molecule has 1 aliphatic heterocycles. The van der Waals surface area contributed by atoms with Crippen LogP contribution in [-0.2, 0) is 9.59 Å². The summed E-state index contributed by atoms with van der Waals surface area (Å²) in [6, 6.07) is 10.4. The zero-order valence-electron chi connectivity index (χ0n) is 16.5. The molecular formula is C23H22ClNO5. The summed E-state index contributed by atoms with van der Waals surface area (Å²) in [7, 11) is 1.54. The number of benzene rings is 2. The number of rotatable bonds is 4. The highest BCUT2D eigenvalue weighted by Crippen LogP contribution is 2.44. The molecule has 1 atom stereocenters. The lowest BCUT2D eigenvalue weighted by Gasteiger charge is -2.31. The number of hydrogen-bond acceptors (Lipinski definition) is 5. The molecule has 1 aliphatic carbocycles. The first-order chi connectivity index (χ1) is 14.4. The minimum absolute atomic E-state index is 0.0267. The summed E-state index contributed by atoms with van der Waals surface area (Å²) in [5.74, 6) is -1.06. The average molecular weight is 428 g/mol. The third-order valence-electron chi connectivity index (χ3n) is 5.85. The Bertz CT molecular complexity index is 1020. The Morgan fingerprint density at radius 2 is 1.77 bits per heavy atom. The van der Waals surface area contributed by atoms with Crippen molar-refractivity contribution in [2.75, 3.05) is 7.11 Å². The van der Waals surface area contributed by atoms with E-state index in [0.717, 1.165) is 25.7 Å². The highest BCUT2D eigenvalue weighted by Gasteiger charge is 2.49. The number of methoxy groups -OCH3 is 1. The highest BCUT2D eigenvalue weighted by molar-refractivity contribution is 6.46. The Labute approximate surface area is 179 Å². The summed E-state index contributed by atoms with van der Waals surface area (Å²) in [6.45, 7) is 0. The Balaban J connectivity index is 1.88. The molecule has 0 spiro atoms.